The van der Waals surface area contributed by atoms with Crippen LogP contribution in [0.3, 0.4) is 0 Å². The van der Waals surface area contributed by atoms with Gasteiger partial charge in [0.05, 0.1) is 20.3 Å². The number of aliphatic hydroxyl groups excluding tert-OH is 1. The Kier molecular flexibility index (Phi) is 5.63. The number of aliphatic hydroxyl groups is 1. The molecule has 1 rings (SSSR count). The second kappa shape index (κ2) is 6.99. The molecule has 0 aromatic heterocycles. The van der Waals surface area contributed by atoms with Gasteiger partial charge in [-0.05, 0) is 32.4 Å². The van der Waals surface area contributed by atoms with Crippen molar-refractivity contribution in [3.63, 3.8) is 0 Å². The van der Waals surface area contributed by atoms with Crippen molar-refractivity contribution in [1.82, 2.24) is 5.32 Å². The van der Waals surface area contributed by atoms with Crippen molar-refractivity contribution in [2.24, 2.45) is 0 Å². The van der Waals surface area contributed by atoms with Gasteiger partial charge in [0.2, 0.25) is 0 Å². The molecule has 0 fully saturated rings. The highest BCUT2D eigenvalue weighted by Crippen LogP contribution is 2.29. The molecule has 0 radical (unpaired) electrons. The number of amides is 1. The van der Waals surface area contributed by atoms with Crippen LogP contribution in [-0.4, -0.2) is 37.9 Å². The van der Waals surface area contributed by atoms with Crippen LogP contribution in [0.2, 0.25) is 0 Å². The number of carbonyl (C=O) groups excluding carboxylic acids is 1. The highest BCUT2D eigenvalue weighted by Gasteiger charge is 2.13. The molecule has 0 saturated carbocycles. The summed E-state index contributed by atoms with van der Waals surface area (Å²) < 4.78 is 10.4. The fraction of sp³-hybridized carbons (Fsp3) is 0.500. The first-order valence-corrected chi connectivity index (χ1v) is 6.18. The Morgan fingerprint density at radius 3 is 2.26 bits per heavy atom. The van der Waals surface area contributed by atoms with E-state index < -0.39 is 6.10 Å². The highest BCUT2D eigenvalue weighted by molar-refractivity contribution is 5.95. The number of ether oxygens (including phenoxy) is 2. The fourth-order valence-corrected chi connectivity index (χ4v) is 1.71. The summed E-state index contributed by atoms with van der Waals surface area (Å²) in [6, 6.07) is 3.35. The van der Waals surface area contributed by atoms with E-state index >= 15 is 0 Å². The number of carbonyl (C=O) groups is 1. The Morgan fingerprint density at radius 2 is 1.84 bits per heavy atom. The van der Waals surface area contributed by atoms with Gasteiger partial charge < -0.3 is 19.9 Å². The standard InChI is InChI=1S/C14H21NO4/c1-9(16)5-6-15-14(17)11-7-12(18-3)10(2)13(8-11)19-4/h7-9,16H,5-6H2,1-4H3,(H,15,17). The summed E-state index contributed by atoms with van der Waals surface area (Å²) in [4.78, 5) is 12.0. The molecule has 0 aliphatic carbocycles. The van der Waals surface area contributed by atoms with Gasteiger partial charge in [-0.1, -0.05) is 0 Å². The lowest BCUT2D eigenvalue weighted by molar-refractivity contribution is 0.0945. The lowest BCUT2D eigenvalue weighted by atomic mass is 10.1. The summed E-state index contributed by atoms with van der Waals surface area (Å²) in [5, 5.41) is 11.9. The average molecular weight is 267 g/mol. The predicted octanol–water partition coefficient (Wildman–Crippen LogP) is 1.51. The van der Waals surface area contributed by atoms with Crippen molar-refractivity contribution >= 4 is 5.91 Å². The summed E-state index contributed by atoms with van der Waals surface area (Å²) >= 11 is 0. The second-order valence-corrected chi connectivity index (χ2v) is 4.40. The first kappa shape index (κ1) is 15.3. The third kappa shape index (κ3) is 4.13. The fourth-order valence-electron chi connectivity index (χ4n) is 1.71. The lowest BCUT2D eigenvalue weighted by Crippen LogP contribution is -2.26. The molecule has 1 amide bonds. The SMILES string of the molecule is COc1cc(C(=O)NCCC(C)O)cc(OC)c1C. The van der Waals surface area contributed by atoms with Crippen molar-refractivity contribution in [2.75, 3.05) is 20.8 Å². The van der Waals surface area contributed by atoms with Crippen LogP contribution in [0.1, 0.15) is 29.3 Å². The maximum atomic E-state index is 12.0. The zero-order valence-corrected chi connectivity index (χ0v) is 11.8. The van der Waals surface area contributed by atoms with Gasteiger partial charge in [-0.3, -0.25) is 4.79 Å². The van der Waals surface area contributed by atoms with Crippen LogP contribution in [0.25, 0.3) is 0 Å². The van der Waals surface area contributed by atoms with Crippen LogP contribution >= 0.6 is 0 Å². The molecule has 5 heteroatoms. The number of methoxy groups -OCH3 is 2. The molecule has 0 heterocycles. The monoisotopic (exact) mass is 267 g/mol. The van der Waals surface area contributed by atoms with E-state index in [1.165, 1.54) is 0 Å². The van der Waals surface area contributed by atoms with E-state index in [0.29, 0.717) is 30.0 Å². The van der Waals surface area contributed by atoms with E-state index in [2.05, 4.69) is 5.32 Å². The molecule has 1 atom stereocenters. The molecule has 1 aromatic rings. The van der Waals surface area contributed by atoms with Gasteiger partial charge >= 0.3 is 0 Å². The molecule has 19 heavy (non-hydrogen) atoms. The van der Waals surface area contributed by atoms with Crippen molar-refractivity contribution in [2.45, 2.75) is 26.4 Å². The van der Waals surface area contributed by atoms with E-state index in [9.17, 15) is 4.79 Å². The van der Waals surface area contributed by atoms with Crippen molar-refractivity contribution < 1.29 is 19.4 Å². The minimum absolute atomic E-state index is 0.211. The summed E-state index contributed by atoms with van der Waals surface area (Å²) in [6.07, 6.45) is 0.0914. The zero-order chi connectivity index (χ0) is 14.4. The zero-order valence-electron chi connectivity index (χ0n) is 11.8. The van der Waals surface area contributed by atoms with Crippen LogP contribution in [0.5, 0.6) is 11.5 Å². The van der Waals surface area contributed by atoms with E-state index in [1.807, 2.05) is 6.92 Å². The maximum absolute atomic E-state index is 12.0. The van der Waals surface area contributed by atoms with Crippen LogP contribution in [0.4, 0.5) is 0 Å². The van der Waals surface area contributed by atoms with Crippen LogP contribution in [0, 0.1) is 6.92 Å². The van der Waals surface area contributed by atoms with Gasteiger partial charge in [0.1, 0.15) is 11.5 Å². The molecule has 0 aliphatic rings. The largest absolute Gasteiger partial charge is 0.496 e. The Balaban J connectivity index is 2.85. The Hall–Kier alpha value is -1.75. The molecule has 1 unspecified atom stereocenters. The first-order valence-electron chi connectivity index (χ1n) is 6.18. The van der Waals surface area contributed by atoms with Crippen LogP contribution < -0.4 is 14.8 Å². The van der Waals surface area contributed by atoms with Gasteiger partial charge in [0.25, 0.3) is 5.91 Å². The van der Waals surface area contributed by atoms with Crippen molar-refractivity contribution in [3.8, 4) is 11.5 Å². The highest BCUT2D eigenvalue weighted by atomic mass is 16.5. The Bertz CT molecular complexity index is 418. The number of benzene rings is 1. The Morgan fingerprint density at radius 1 is 1.32 bits per heavy atom. The molecule has 0 spiro atoms. The number of nitrogens with one attached hydrogen (secondary N) is 1. The third-order valence-corrected chi connectivity index (χ3v) is 2.86. The molecule has 2 N–H and O–H groups in total. The minimum atomic E-state index is -0.428. The minimum Gasteiger partial charge on any atom is -0.496 e. The molecule has 5 nitrogen and oxygen atoms in total. The Labute approximate surface area is 113 Å². The third-order valence-electron chi connectivity index (χ3n) is 2.86. The van der Waals surface area contributed by atoms with E-state index in [-0.39, 0.29) is 5.91 Å². The second-order valence-electron chi connectivity index (χ2n) is 4.40. The van der Waals surface area contributed by atoms with E-state index in [1.54, 1.807) is 33.3 Å². The van der Waals surface area contributed by atoms with E-state index in [0.717, 1.165) is 5.56 Å². The van der Waals surface area contributed by atoms with Crippen molar-refractivity contribution in [3.05, 3.63) is 23.3 Å². The topological polar surface area (TPSA) is 67.8 Å². The smallest absolute Gasteiger partial charge is 0.251 e. The summed E-state index contributed by atoms with van der Waals surface area (Å²) in [5.41, 5.74) is 1.33. The molecule has 106 valence electrons. The molecular formula is C14H21NO4. The van der Waals surface area contributed by atoms with Crippen LogP contribution in [0.15, 0.2) is 12.1 Å². The summed E-state index contributed by atoms with van der Waals surface area (Å²) in [7, 11) is 3.10. The maximum Gasteiger partial charge on any atom is 0.251 e. The van der Waals surface area contributed by atoms with Gasteiger partial charge in [-0.25, -0.2) is 0 Å². The molecular weight excluding hydrogens is 246 g/mol. The molecule has 1 aromatic carbocycles. The molecule has 0 aliphatic heterocycles. The predicted molar refractivity (Wildman–Crippen MR) is 72.9 cm³/mol. The summed E-state index contributed by atoms with van der Waals surface area (Å²) in [6.45, 7) is 3.98. The first-order chi connectivity index (χ1) is 8.99. The number of hydrogen-bond donors (Lipinski definition) is 2. The van der Waals surface area contributed by atoms with Gasteiger partial charge in [-0.2, -0.15) is 0 Å². The normalized spacial score (nSPS) is 11.8. The van der Waals surface area contributed by atoms with Crippen LogP contribution in [-0.2, 0) is 0 Å². The summed E-state index contributed by atoms with van der Waals surface area (Å²) in [5.74, 6) is 1.01. The van der Waals surface area contributed by atoms with Gasteiger partial charge in [0.15, 0.2) is 0 Å². The van der Waals surface area contributed by atoms with Gasteiger partial charge in [-0.15, -0.1) is 0 Å². The van der Waals surface area contributed by atoms with Crippen molar-refractivity contribution in [1.29, 1.82) is 0 Å². The molecule has 0 bridgehead atoms. The number of rotatable bonds is 6. The quantitative estimate of drug-likeness (QED) is 0.820. The lowest BCUT2D eigenvalue weighted by Gasteiger charge is -2.13. The average Bonchev–Trinajstić information content (AvgIpc) is 2.38. The molecule has 0 saturated heterocycles. The van der Waals surface area contributed by atoms with E-state index in [4.69, 9.17) is 14.6 Å². The number of hydrogen-bond acceptors (Lipinski definition) is 4. The van der Waals surface area contributed by atoms with Gasteiger partial charge in [0, 0.05) is 17.7 Å².